The smallest absolute Gasteiger partial charge is 0.255 e. The van der Waals surface area contributed by atoms with Gasteiger partial charge in [0.1, 0.15) is 0 Å². The first kappa shape index (κ1) is 27.1. The summed E-state index contributed by atoms with van der Waals surface area (Å²) in [6.45, 7) is 1.42. The lowest BCUT2D eigenvalue weighted by Gasteiger charge is -2.26. The number of nitrogens with one attached hydrogen (secondary N) is 1. The van der Waals surface area contributed by atoms with Gasteiger partial charge in [-0.15, -0.1) is 0 Å². The summed E-state index contributed by atoms with van der Waals surface area (Å²) in [6.07, 6.45) is 1.12. The van der Waals surface area contributed by atoms with Gasteiger partial charge in [0.15, 0.2) is 0 Å². The minimum atomic E-state index is -3.63. The summed E-state index contributed by atoms with van der Waals surface area (Å²) >= 11 is 5.92. The lowest BCUT2D eigenvalue weighted by Crippen LogP contribution is -2.40. The van der Waals surface area contributed by atoms with Crippen LogP contribution in [0.2, 0.25) is 5.02 Å². The molecular weight excluding hydrogens is 538 g/mol. The quantitative estimate of drug-likeness (QED) is 0.448. The van der Waals surface area contributed by atoms with Crippen molar-refractivity contribution in [3.05, 3.63) is 88.9 Å². The van der Waals surface area contributed by atoms with Gasteiger partial charge in [-0.05, 0) is 66.2 Å². The zero-order chi connectivity index (χ0) is 26.6. The molecule has 37 heavy (non-hydrogen) atoms. The van der Waals surface area contributed by atoms with Crippen LogP contribution in [-0.2, 0) is 31.3 Å². The van der Waals surface area contributed by atoms with Gasteiger partial charge < -0.3 is 10.1 Å². The maximum absolute atomic E-state index is 12.8. The van der Waals surface area contributed by atoms with Crippen LogP contribution in [0.1, 0.15) is 15.9 Å². The second kappa shape index (κ2) is 11.2. The van der Waals surface area contributed by atoms with E-state index < -0.39 is 26.0 Å². The normalized spacial score (nSPS) is 14.8. The Labute approximate surface area is 221 Å². The van der Waals surface area contributed by atoms with E-state index in [0.717, 1.165) is 11.8 Å². The Morgan fingerprint density at radius 1 is 0.919 bits per heavy atom. The average Bonchev–Trinajstić information content (AvgIpc) is 2.88. The number of ether oxygens (including phenoxy) is 1. The molecule has 0 unspecified atom stereocenters. The summed E-state index contributed by atoms with van der Waals surface area (Å²) < 4.78 is 58.2. The van der Waals surface area contributed by atoms with Crippen molar-refractivity contribution in [2.45, 2.75) is 11.4 Å². The molecule has 1 fully saturated rings. The van der Waals surface area contributed by atoms with Crippen LogP contribution in [-0.4, -0.2) is 59.6 Å². The van der Waals surface area contributed by atoms with E-state index in [-0.39, 0.29) is 11.4 Å². The summed E-state index contributed by atoms with van der Waals surface area (Å²) in [4.78, 5) is 12.9. The van der Waals surface area contributed by atoms with Crippen LogP contribution in [0.4, 0.5) is 11.4 Å². The van der Waals surface area contributed by atoms with Gasteiger partial charge in [0.25, 0.3) is 5.91 Å². The molecule has 1 amide bonds. The van der Waals surface area contributed by atoms with E-state index in [1.165, 1.54) is 45.0 Å². The number of benzene rings is 3. The molecule has 1 N–H and O–H groups in total. The van der Waals surface area contributed by atoms with Crippen molar-refractivity contribution >= 4 is 48.9 Å². The van der Waals surface area contributed by atoms with E-state index in [0.29, 0.717) is 48.3 Å². The Balaban J connectivity index is 1.45. The third kappa shape index (κ3) is 6.68. The van der Waals surface area contributed by atoms with E-state index in [9.17, 15) is 21.6 Å². The molecule has 0 spiro atoms. The van der Waals surface area contributed by atoms with Crippen LogP contribution in [0.25, 0.3) is 0 Å². The molecular formula is C25H26ClN3O6S2. The van der Waals surface area contributed by atoms with Gasteiger partial charge in [0, 0.05) is 29.4 Å². The Kier molecular flexibility index (Phi) is 8.20. The third-order valence-corrected chi connectivity index (χ3v) is 9.08. The van der Waals surface area contributed by atoms with Gasteiger partial charge in [-0.2, -0.15) is 4.31 Å². The van der Waals surface area contributed by atoms with Gasteiger partial charge in [0.2, 0.25) is 20.0 Å². The number of nitrogens with zero attached hydrogens (tertiary/aromatic N) is 2. The lowest BCUT2D eigenvalue weighted by atomic mass is 10.1. The zero-order valence-corrected chi connectivity index (χ0v) is 22.4. The number of halogens is 1. The van der Waals surface area contributed by atoms with Crippen LogP contribution in [0.15, 0.2) is 77.7 Å². The van der Waals surface area contributed by atoms with Gasteiger partial charge in [-0.1, -0.05) is 23.7 Å². The first-order chi connectivity index (χ1) is 17.5. The molecule has 9 nitrogen and oxygen atoms in total. The summed E-state index contributed by atoms with van der Waals surface area (Å²) in [5, 5.41) is 3.28. The van der Waals surface area contributed by atoms with E-state index in [4.69, 9.17) is 16.3 Å². The zero-order valence-electron chi connectivity index (χ0n) is 20.0. The summed E-state index contributed by atoms with van der Waals surface area (Å²) in [5.74, 6) is -0.418. The first-order valence-corrected chi connectivity index (χ1v) is 15.0. The first-order valence-electron chi connectivity index (χ1n) is 11.4. The fourth-order valence-electron chi connectivity index (χ4n) is 3.78. The molecule has 0 radical (unpaired) electrons. The van der Waals surface area contributed by atoms with Crippen molar-refractivity contribution in [1.82, 2.24) is 4.31 Å². The van der Waals surface area contributed by atoms with Crippen LogP contribution in [0.3, 0.4) is 0 Å². The summed E-state index contributed by atoms with van der Waals surface area (Å²) in [5.41, 5.74) is 1.91. The minimum absolute atomic E-state index is 0.112. The maximum Gasteiger partial charge on any atom is 0.255 e. The predicted octanol–water partition coefficient (Wildman–Crippen LogP) is 3.58. The number of hydrogen-bond donors (Lipinski definition) is 1. The van der Waals surface area contributed by atoms with Crippen molar-refractivity contribution in [3.63, 3.8) is 0 Å². The fraction of sp³-hybridized carbons (Fsp3) is 0.240. The highest BCUT2D eigenvalue weighted by Gasteiger charge is 2.26. The number of hydrogen-bond acceptors (Lipinski definition) is 6. The molecule has 3 aromatic rings. The molecule has 196 valence electrons. The Morgan fingerprint density at radius 2 is 1.51 bits per heavy atom. The Hall–Kier alpha value is -2.96. The van der Waals surface area contributed by atoms with E-state index in [1.807, 2.05) is 0 Å². The largest absolute Gasteiger partial charge is 0.379 e. The maximum atomic E-state index is 12.8. The van der Waals surface area contributed by atoms with Gasteiger partial charge in [0.05, 0.1) is 36.6 Å². The summed E-state index contributed by atoms with van der Waals surface area (Å²) in [7, 11) is -7.22. The van der Waals surface area contributed by atoms with Crippen molar-refractivity contribution in [2.75, 3.05) is 42.2 Å². The number of anilines is 2. The number of morpholine rings is 1. The lowest BCUT2D eigenvalue weighted by molar-refractivity contribution is 0.0730. The van der Waals surface area contributed by atoms with E-state index >= 15 is 0 Å². The molecule has 0 bridgehead atoms. The van der Waals surface area contributed by atoms with E-state index in [2.05, 4.69) is 5.32 Å². The van der Waals surface area contributed by atoms with Crippen molar-refractivity contribution in [3.8, 4) is 0 Å². The Morgan fingerprint density at radius 3 is 2.08 bits per heavy atom. The highest BCUT2D eigenvalue weighted by Crippen LogP contribution is 2.23. The second-order valence-corrected chi connectivity index (χ2v) is 12.7. The molecule has 0 aromatic heterocycles. The predicted molar refractivity (Wildman–Crippen MR) is 143 cm³/mol. The van der Waals surface area contributed by atoms with Gasteiger partial charge in [-0.25, -0.2) is 16.8 Å². The van der Waals surface area contributed by atoms with E-state index in [1.54, 1.807) is 36.4 Å². The molecule has 1 aliphatic rings. The fourth-order valence-corrected chi connectivity index (χ4v) is 6.21. The minimum Gasteiger partial charge on any atom is -0.379 e. The monoisotopic (exact) mass is 563 g/mol. The third-order valence-electron chi connectivity index (χ3n) is 5.78. The average molecular weight is 564 g/mol. The van der Waals surface area contributed by atoms with Crippen LogP contribution in [0, 0.1) is 0 Å². The SMILES string of the molecule is CS(=O)(=O)N(Cc1ccc(Cl)cc1)c1ccc(C(=O)Nc2ccc(S(=O)(=O)N3CCOCC3)cc2)cc1. The van der Waals surface area contributed by atoms with Crippen molar-refractivity contribution < 1.29 is 26.4 Å². The molecule has 1 saturated heterocycles. The number of carbonyl (C=O) groups is 1. The highest BCUT2D eigenvalue weighted by molar-refractivity contribution is 7.92. The number of amides is 1. The molecule has 12 heteroatoms. The Bertz CT molecular complexity index is 1450. The highest BCUT2D eigenvalue weighted by atomic mass is 35.5. The number of sulfonamides is 2. The number of rotatable bonds is 8. The molecule has 3 aromatic carbocycles. The molecule has 1 heterocycles. The molecule has 1 aliphatic heterocycles. The van der Waals surface area contributed by atoms with Crippen LogP contribution in [0.5, 0.6) is 0 Å². The molecule has 0 aliphatic carbocycles. The molecule has 0 saturated carbocycles. The van der Waals surface area contributed by atoms with Gasteiger partial charge in [-0.3, -0.25) is 9.10 Å². The van der Waals surface area contributed by atoms with Crippen LogP contribution < -0.4 is 9.62 Å². The molecule has 0 atom stereocenters. The second-order valence-electron chi connectivity index (χ2n) is 8.44. The summed E-state index contributed by atoms with van der Waals surface area (Å²) in [6, 6.07) is 19.0. The standard InChI is InChI=1S/C25H26ClN3O6S2/c1-36(31,32)29(18-19-2-6-21(26)7-3-19)23-10-4-20(5-11-23)25(30)27-22-8-12-24(13-9-22)37(33,34)28-14-16-35-17-15-28/h2-13H,14-18H2,1H3,(H,27,30). The van der Waals surface area contributed by atoms with Gasteiger partial charge >= 0.3 is 0 Å². The van der Waals surface area contributed by atoms with Crippen molar-refractivity contribution in [2.24, 2.45) is 0 Å². The van der Waals surface area contributed by atoms with Crippen LogP contribution >= 0.6 is 11.6 Å². The number of carbonyl (C=O) groups excluding carboxylic acids is 1. The topological polar surface area (TPSA) is 113 Å². The molecule has 4 rings (SSSR count). The van der Waals surface area contributed by atoms with Crippen molar-refractivity contribution in [1.29, 1.82) is 0 Å².